The zero-order valence-electron chi connectivity index (χ0n) is 27.1. The van der Waals surface area contributed by atoms with Gasteiger partial charge in [0.25, 0.3) is 5.91 Å². The lowest BCUT2D eigenvalue weighted by molar-refractivity contribution is -0.142. The van der Waals surface area contributed by atoms with Crippen molar-refractivity contribution in [2.45, 2.75) is 102 Å². The minimum Gasteiger partial charge on any atom is -0.387 e. The zero-order chi connectivity index (χ0) is 33.7. The quantitative estimate of drug-likeness (QED) is 0.272. The van der Waals surface area contributed by atoms with Gasteiger partial charge in [-0.3, -0.25) is 24.0 Å². The number of nitrogens with zero attached hydrogens (tertiary/aromatic N) is 2. The van der Waals surface area contributed by atoms with E-state index in [9.17, 15) is 24.0 Å². The molecule has 1 saturated heterocycles. The Morgan fingerprint density at radius 1 is 1.09 bits per heavy atom. The van der Waals surface area contributed by atoms with Gasteiger partial charge in [-0.15, -0.1) is 0 Å². The van der Waals surface area contributed by atoms with Crippen molar-refractivity contribution in [1.29, 1.82) is 0 Å². The van der Waals surface area contributed by atoms with Gasteiger partial charge in [0.1, 0.15) is 6.04 Å². The second-order valence-electron chi connectivity index (χ2n) is 12.9. The van der Waals surface area contributed by atoms with Crippen LogP contribution in [0.25, 0.3) is 0 Å². The molecule has 3 atom stereocenters. The van der Waals surface area contributed by atoms with Crippen molar-refractivity contribution in [2.24, 2.45) is 5.16 Å². The van der Waals surface area contributed by atoms with Crippen molar-refractivity contribution in [3.63, 3.8) is 0 Å². The number of halogens is 1. The summed E-state index contributed by atoms with van der Waals surface area (Å²) in [5.41, 5.74) is 3.25. The number of carbonyl (C=O) groups is 5. The van der Waals surface area contributed by atoms with E-state index in [1.165, 1.54) is 4.90 Å². The van der Waals surface area contributed by atoms with Crippen LogP contribution in [0.1, 0.15) is 81.4 Å². The number of aryl methyl sites for hydroxylation is 2. The predicted octanol–water partition coefficient (Wildman–Crippen LogP) is 4.36. The second-order valence-corrected chi connectivity index (χ2v) is 13.4. The molecule has 3 aliphatic rings. The van der Waals surface area contributed by atoms with Crippen LogP contribution in [-0.2, 0) is 28.8 Å². The molecule has 2 aromatic carbocycles. The van der Waals surface area contributed by atoms with Crippen molar-refractivity contribution in [3.8, 4) is 0 Å². The summed E-state index contributed by atoms with van der Waals surface area (Å²) in [6, 6.07) is 11.0. The summed E-state index contributed by atoms with van der Waals surface area (Å²) in [5, 5.41) is 13.2. The third-order valence-corrected chi connectivity index (χ3v) is 9.05. The minimum absolute atomic E-state index is 0.00318. The molecule has 0 aromatic heterocycles. The van der Waals surface area contributed by atoms with E-state index in [1.807, 2.05) is 51.1 Å². The first kappa shape index (κ1) is 34.1. The van der Waals surface area contributed by atoms with Crippen LogP contribution >= 0.6 is 11.6 Å². The van der Waals surface area contributed by atoms with Gasteiger partial charge in [0, 0.05) is 48.0 Å². The molecular weight excluding hydrogens is 622 g/mol. The Labute approximate surface area is 279 Å². The van der Waals surface area contributed by atoms with Crippen molar-refractivity contribution >= 4 is 52.4 Å². The summed E-state index contributed by atoms with van der Waals surface area (Å²) in [6.07, 6.45) is 3.43. The normalized spacial score (nSPS) is 20.7. The molecule has 0 bridgehead atoms. The molecule has 2 heterocycles. The molecule has 0 radical (unpaired) electrons. The second kappa shape index (κ2) is 14.7. The first-order chi connectivity index (χ1) is 22.5. The lowest BCUT2D eigenvalue weighted by Gasteiger charge is -2.26. The number of oxime groups is 1. The van der Waals surface area contributed by atoms with Crippen molar-refractivity contribution < 1.29 is 28.8 Å². The third kappa shape index (κ3) is 8.57. The molecule has 0 unspecified atom stereocenters. The molecule has 4 amide bonds. The van der Waals surface area contributed by atoms with E-state index < -0.39 is 35.3 Å². The van der Waals surface area contributed by atoms with E-state index >= 15 is 0 Å². The predicted molar refractivity (Wildman–Crippen MR) is 178 cm³/mol. The van der Waals surface area contributed by atoms with Gasteiger partial charge in [-0.1, -0.05) is 59.9 Å². The topological polar surface area (TPSA) is 146 Å². The first-order valence-electron chi connectivity index (χ1n) is 16.3. The van der Waals surface area contributed by atoms with Crippen LogP contribution in [0.3, 0.4) is 0 Å². The molecule has 3 N–H and O–H groups in total. The highest BCUT2D eigenvalue weighted by Crippen LogP contribution is 2.39. The van der Waals surface area contributed by atoms with E-state index in [0.717, 1.165) is 35.2 Å². The number of benzene rings is 2. The smallest absolute Gasteiger partial charge is 0.289 e. The van der Waals surface area contributed by atoms with E-state index in [0.29, 0.717) is 23.6 Å². The number of Topliss-reactive ketones (excluding diaryl/α,β-unsaturated/α-hetero) is 1. The van der Waals surface area contributed by atoms with E-state index in [1.54, 1.807) is 12.1 Å². The Hall–Kier alpha value is -4.25. The standard InChI is InChI=1S/C35H42ClN5O6/c1-4-7-27(32(44)34(46)37-25-13-14-25)39-33(45)29-19-35(18-28(40-47-35)23-8-5-9-24(36)17-23)20-41(29)31(43)11-6-10-30(42)38-26-15-12-21(2)16-22(26)3/h5,8-9,12,15-17,25,27,29H,4,6-7,10-11,13-14,18-20H2,1-3H3,(H,37,46)(H,38,42)(H,39,45)/t27-,29-,35+/m0/s1. The summed E-state index contributed by atoms with van der Waals surface area (Å²) in [6.45, 7) is 5.86. The van der Waals surface area contributed by atoms with Crippen molar-refractivity contribution in [2.75, 3.05) is 11.9 Å². The van der Waals surface area contributed by atoms with Gasteiger partial charge in [0.2, 0.25) is 23.5 Å². The Morgan fingerprint density at radius 2 is 1.87 bits per heavy atom. The van der Waals surface area contributed by atoms with Crippen LogP contribution < -0.4 is 16.0 Å². The molecule has 11 nitrogen and oxygen atoms in total. The van der Waals surface area contributed by atoms with E-state index in [4.69, 9.17) is 16.4 Å². The largest absolute Gasteiger partial charge is 0.387 e. The Bertz CT molecular complexity index is 1590. The zero-order valence-corrected chi connectivity index (χ0v) is 27.8. The summed E-state index contributed by atoms with van der Waals surface area (Å²) in [5.74, 6) is -2.46. The number of hydrogen-bond acceptors (Lipinski definition) is 7. The highest BCUT2D eigenvalue weighted by molar-refractivity contribution is 6.38. The number of anilines is 1. The lowest BCUT2D eigenvalue weighted by Crippen LogP contribution is -2.53. The van der Waals surface area contributed by atoms with Crippen molar-refractivity contribution in [3.05, 3.63) is 64.2 Å². The monoisotopic (exact) mass is 663 g/mol. The highest BCUT2D eigenvalue weighted by Gasteiger charge is 2.54. The van der Waals surface area contributed by atoms with Gasteiger partial charge in [0.15, 0.2) is 5.60 Å². The molecule has 47 heavy (non-hydrogen) atoms. The maximum Gasteiger partial charge on any atom is 0.289 e. The number of ketones is 1. The van der Waals surface area contributed by atoms with Crippen LogP contribution in [-0.4, -0.2) is 70.3 Å². The molecule has 2 aliphatic heterocycles. The maximum absolute atomic E-state index is 13.8. The highest BCUT2D eigenvalue weighted by atomic mass is 35.5. The fraction of sp³-hybridized carbons (Fsp3) is 0.486. The maximum atomic E-state index is 13.8. The van der Waals surface area contributed by atoms with Gasteiger partial charge in [-0.05, 0) is 63.3 Å². The number of rotatable bonds is 13. The van der Waals surface area contributed by atoms with Crippen LogP contribution in [0.2, 0.25) is 5.02 Å². The third-order valence-electron chi connectivity index (χ3n) is 8.82. The Balaban J connectivity index is 1.27. The van der Waals surface area contributed by atoms with Crippen LogP contribution in [0.4, 0.5) is 5.69 Å². The molecule has 2 fully saturated rings. The van der Waals surface area contributed by atoms with Gasteiger partial charge in [0.05, 0.1) is 18.3 Å². The molecular formula is C35H42ClN5O6. The molecule has 250 valence electrons. The minimum atomic E-state index is -1.02. The van der Waals surface area contributed by atoms with Gasteiger partial charge in [-0.25, -0.2) is 0 Å². The number of nitrogens with one attached hydrogen (secondary N) is 3. The van der Waals surface area contributed by atoms with Gasteiger partial charge < -0.3 is 25.7 Å². The SMILES string of the molecule is CCC[C@H](NC(=O)[C@@H]1C[C@]2(CC(c3cccc(Cl)c3)=NO2)CN1C(=O)CCCC(=O)Nc1ccc(C)cc1C)C(=O)C(=O)NC1CC1. The van der Waals surface area contributed by atoms with Crippen LogP contribution in [0.5, 0.6) is 0 Å². The number of hydrogen-bond donors (Lipinski definition) is 3. The first-order valence-corrected chi connectivity index (χ1v) is 16.7. The molecule has 1 saturated carbocycles. The fourth-order valence-electron chi connectivity index (χ4n) is 6.16. The molecule has 12 heteroatoms. The summed E-state index contributed by atoms with van der Waals surface area (Å²) < 4.78 is 0. The Kier molecular flexibility index (Phi) is 10.6. The van der Waals surface area contributed by atoms with Crippen molar-refractivity contribution in [1.82, 2.24) is 15.5 Å². The average Bonchev–Trinajstić information content (AvgIpc) is 3.62. The number of carbonyl (C=O) groups excluding carboxylic acids is 5. The number of amides is 4. The average molecular weight is 664 g/mol. The van der Waals surface area contributed by atoms with Crippen LogP contribution in [0, 0.1) is 13.8 Å². The lowest BCUT2D eigenvalue weighted by atomic mass is 9.91. The summed E-state index contributed by atoms with van der Waals surface area (Å²) in [7, 11) is 0. The Morgan fingerprint density at radius 3 is 2.57 bits per heavy atom. The summed E-state index contributed by atoms with van der Waals surface area (Å²) in [4.78, 5) is 73.2. The van der Waals surface area contributed by atoms with Crippen LogP contribution in [0.15, 0.2) is 47.6 Å². The van der Waals surface area contributed by atoms with E-state index in [2.05, 4.69) is 21.1 Å². The molecule has 1 aliphatic carbocycles. The number of likely N-dealkylation sites (tertiary alicyclic amines) is 1. The van der Waals surface area contributed by atoms with Gasteiger partial charge in [-0.2, -0.15) is 0 Å². The van der Waals surface area contributed by atoms with Gasteiger partial charge >= 0.3 is 0 Å². The molecule has 2 aromatic rings. The molecule has 1 spiro atoms. The van der Waals surface area contributed by atoms with E-state index in [-0.39, 0.29) is 56.5 Å². The fourth-order valence-corrected chi connectivity index (χ4v) is 6.35. The molecule has 5 rings (SSSR count). The summed E-state index contributed by atoms with van der Waals surface area (Å²) >= 11 is 6.20.